The molecule has 0 bridgehead atoms. The number of carbonyl (C=O) groups excluding carboxylic acids is 1. The maximum absolute atomic E-state index is 12.6. The van der Waals surface area contributed by atoms with E-state index in [0.29, 0.717) is 19.4 Å². The molecule has 1 aliphatic carbocycles. The van der Waals surface area contributed by atoms with Crippen LogP contribution in [0.4, 0.5) is 0 Å². The Hall–Kier alpha value is -0.660. The van der Waals surface area contributed by atoms with E-state index in [1.165, 1.54) is 0 Å². The molecular formula is C14H24N2O4S. The van der Waals surface area contributed by atoms with Crippen molar-refractivity contribution in [1.82, 2.24) is 5.32 Å². The van der Waals surface area contributed by atoms with Crippen LogP contribution in [0.25, 0.3) is 0 Å². The number of amides is 1. The van der Waals surface area contributed by atoms with E-state index in [-0.39, 0.29) is 30.2 Å². The molecule has 1 amide bonds. The van der Waals surface area contributed by atoms with Gasteiger partial charge in [-0.2, -0.15) is 0 Å². The molecule has 4 atom stereocenters. The zero-order valence-corrected chi connectivity index (χ0v) is 13.4. The number of rotatable bonds is 3. The van der Waals surface area contributed by atoms with Gasteiger partial charge in [0.15, 0.2) is 9.84 Å². The molecule has 2 heterocycles. The Kier molecular flexibility index (Phi) is 3.39. The van der Waals surface area contributed by atoms with E-state index >= 15 is 0 Å². The van der Waals surface area contributed by atoms with Gasteiger partial charge in [-0.3, -0.25) is 4.79 Å². The highest BCUT2D eigenvalue weighted by Gasteiger charge is 2.71. The Balaban J connectivity index is 1.68. The van der Waals surface area contributed by atoms with Crippen molar-refractivity contribution in [3.63, 3.8) is 0 Å². The van der Waals surface area contributed by atoms with E-state index in [2.05, 4.69) is 5.32 Å². The molecule has 0 aromatic heterocycles. The normalized spacial score (nSPS) is 43.1. The lowest BCUT2D eigenvalue weighted by Crippen LogP contribution is -2.80. The zero-order valence-electron chi connectivity index (χ0n) is 12.6. The van der Waals surface area contributed by atoms with Crippen molar-refractivity contribution < 1.29 is 17.9 Å². The molecule has 4 unspecified atom stereocenters. The number of hydrogen-bond donors (Lipinski definition) is 2. The van der Waals surface area contributed by atoms with Crippen molar-refractivity contribution in [3.05, 3.63) is 0 Å². The van der Waals surface area contributed by atoms with E-state index < -0.39 is 26.0 Å². The molecule has 3 fully saturated rings. The summed E-state index contributed by atoms with van der Waals surface area (Å²) in [6.07, 6.45) is 2.13. The number of nitrogens with one attached hydrogen (secondary N) is 1. The first-order valence-corrected chi connectivity index (χ1v) is 9.33. The second kappa shape index (κ2) is 4.67. The Morgan fingerprint density at radius 1 is 1.38 bits per heavy atom. The average Bonchev–Trinajstić information content (AvgIpc) is 3.00. The van der Waals surface area contributed by atoms with Gasteiger partial charge in [-0.05, 0) is 19.3 Å². The quantitative estimate of drug-likeness (QED) is 0.753. The van der Waals surface area contributed by atoms with Gasteiger partial charge in [-0.15, -0.1) is 0 Å². The first-order valence-electron chi connectivity index (χ1n) is 7.61. The Morgan fingerprint density at radius 3 is 2.71 bits per heavy atom. The van der Waals surface area contributed by atoms with Crippen LogP contribution < -0.4 is 11.1 Å². The number of hydrogen-bond acceptors (Lipinski definition) is 5. The van der Waals surface area contributed by atoms with Gasteiger partial charge in [-0.1, -0.05) is 13.8 Å². The van der Waals surface area contributed by atoms with Gasteiger partial charge in [0.2, 0.25) is 5.91 Å². The monoisotopic (exact) mass is 316 g/mol. The SMILES string of the molecule is CC1(C)C2OCCC2C1(N)C(=O)NCC1CCCS1(=O)=O. The van der Waals surface area contributed by atoms with Crippen molar-refractivity contribution >= 4 is 15.7 Å². The fraction of sp³-hybridized carbons (Fsp3) is 0.929. The van der Waals surface area contributed by atoms with Crippen LogP contribution in [0.5, 0.6) is 0 Å². The molecule has 2 aliphatic heterocycles. The van der Waals surface area contributed by atoms with Gasteiger partial charge < -0.3 is 15.8 Å². The number of carbonyl (C=O) groups is 1. The van der Waals surface area contributed by atoms with Crippen LogP contribution >= 0.6 is 0 Å². The van der Waals surface area contributed by atoms with Gasteiger partial charge >= 0.3 is 0 Å². The molecule has 0 radical (unpaired) electrons. The number of ether oxygens (including phenoxy) is 1. The molecule has 120 valence electrons. The smallest absolute Gasteiger partial charge is 0.241 e. The molecule has 2 saturated heterocycles. The van der Waals surface area contributed by atoms with Gasteiger partial charge in [0.05, 0.1) is 17.1 Å². The summed E-state index contributed by atoms with van der Waals surface area (Å²) in [5, 5.41) is 2.34. The lowest BCUT2D eigenvalue weighted by molar-refractivity contribution is -0.175. The highest BCUT2D eigenvalue weighted by atomic mass is 32.2. The zero-order chi connectivity index (χ0) is 15.5. The second-order valence-electron chi connectivity index (χ2n) is 7.12. The minimum Gasteiger partial charge on any atom is -0.377 e. The van der Waals surface area contributed by atoms with Crippen molar-refractivity contribution in [2.24, 2.45) is 17.1 Å². The van der Waals surface area contributed by atoms with E-state index in [1.54, 1.807) is 0 Å². The van der Waals surface area contributed by atoms with Crippen molar-refractivity contribution in [2.75, 3.05) is 18.9 Å². The number of fused-ring (bicyclic) bond motifs is 1. The molecule has 21 heavy (non-hydrogen) atoms. The molecule has 0 aromatic rings. The summed E-state index contributed by atoms with van der Waals surface area (Å²) in [7, 11) is -3.04. The van der Waals surface area contributed by atoms with Crippen LogP contribution in [-0.4, -0.2) is 50.1 Å². The molecule has 3 aliphatic rings. The molecule has 7 heteroatoms. The third kappa shape index (κ3) is 1.97. The molecule has 3 N–H and O–H groups in total. The van der Waals surface area contributed by atoms with E-state index in [0.717, 1.165) is 6.42 Å². The van der Waals surface area contributed by atoms with E-state index in [4.69, 9.17) is 10.5 Å². The molecule has 0 spiro atoms. The van der Waals surface area contributed by atoms with Crippen LogP contribution in [0.2, 0.25) is 0 Å². The van der Waals surface area contributed by atoms with Gasteiger partial charge in [0.1, 0.15) is 5.54 Å². The lowest BCUT2D eigenvalue weighted by Gasteiger charge is -2.60. The number of sulfone groups is 1. The summed E-state index contributed by atoms with van der Waals surface area (Å²) < 4.78 is 29.3. The first kappa shape index (κ1) is 15.2. The third-order valence-corrected chi connectivity index (χ3v) is 8.06. The summed E-state index contributed by atoms with van der Waals surface area (Å²) in [5.74, 6) is 0.0275. The summed E-state index contributed by atoms with van der Waals surface area (Å²) in [4.78, 5) is 12.6. The maximum Gasteiger partial charge on any atom is 0.241 e. The Morgan fingerprint density at radius 2 is 2.10 bits per heavy atom. The summed E-state index contributed by atoms with van der Waals surface area (Å²) >= 11 is 0. The number of nitrogens with two attached hydrogens (primary N) is 1. The largest absolute Gasteiger partial charge is 0.377 e. The lowest BCUT2D eigenvalue weighted by atomic mass is 9.48. The Bertz CT molecular complexity index is 559. The van der Waals surface area contributed by atoms with Crippen LogP contribution in [-0.2, 0) is 19.4 Å². The molecule has 0 aromatic carbocycles. The van der Waals surface area contributed by atoms with E-state index in [1.807, 2.05) is 13.8 Å². The predicted molar refractivity (Wildman–Crippen MR) is 78.4 cm³/mol. The average molecular weight is 316 g/mol. The van der Waals surface area contributed by atoms with Crippen LogP contribution in [0.3, 0.4) is 0 Å². The first-order chi connectivity index (χ1) is 9.71. The van der Waals surface area contributed by atoms with Gasteiger partial charge in [-0.25, -0.2) is 8.42 Å². The topological polar surface area (TPSA) is 98.5 Å². The highest BCUT2D eigenvalue weighted by molar-refractivity contribution is 7.92. The fourth-order valence-corrected chi connectivity index (χ4v) is 6.05. The summed E-state index contributed by atoms with van der Waals surface area (Å²) in [6, 6.07) is 0. The van der Waals surface area contributed by atoms with Crippen molar-refractivity contribution in [1.29, 1.82) is 0 Å². The molecule has 1 saturated carbocycles. The molecule has 3 rings (SSSR count). The summed E-state index contributed by atoms with van der Waals surface area (Å²) in [5.41, 5.74) is 5.03. The highest BCUT2D eigenvalue weighted by Crippen LogP contribution is 2.58. The van der Waals surface area contributed by atoms with E-state index in [9.17, 15) is 13.2 Å². The van der Waals surface area contributed by atoms with Gasteiger partial charge in [0.25, 0.3) is 0 Å². The van der Waals surface area contributed by atoms with Crippen LogP contribution in [0.1, 0.15) is 33.1 Å². The van der Waals surface area contributed by atoms with Crippen LogP contribution in [0.15, 0.2) is 0 Å². The standard InChI is InChI=1S/C14H24N2O4S/c1-13(2)11-10(5-6-20-11)14(13,15)12(17)16-8-9-4-3-7-21(9,18)19/h9-11H,3-8,15H2,1-2H3,(H,16,17). The molecular weight excluding hydrogens is 292 g/mol. The minimum atomic E-state index is -3.04. The molecule has 6 nitrogen and oxygen atoms in total. The third-order valence-electron chi connectivity index (χ3n) is 5.78. The fourth-order valence-electron chi connectivity index (χ4n) is 4.29. The maximum atomic E-state index is 12.6. The second-order valence-corrected chi connectivity index (χ2v) is 9.52. The van der Waals surface area contributed by atoms with Crippen molar-refractivity contribution in [3.8, 4) is 0 Å². The Labute approximate surface area is 125 Å². The predicted octanol–water partition coefficient (Wildman–Crippen LogP) is -0.178. The van der Waals surface area contributed by atoms with Gasteiger partial charge in [0, 0.05) is 24.5 Å². The summed E-state index contributed by atoms with van der Waals surface area (Å²) in [6.45, 7) is 4.72. The minimum absolute atomic E-state index is 0.0310. The van der Waals surface area contributed by atoms with Crippen LogP contribution in [0, 0.1) is 11.3 Å². The van der Waals surface area contributed by atoms with Crippen molar-refractivity contribution in [2.45, 2.75) is 50.0 Å².